The smallest absolute Gasteiger partial charge is 0.106 e. The average molecular weight is 301 g/mol. The maximum Gasteiger partial charge on any atom is 0.106 e. The van der Waals surface area contributed by atoms with Crippen molar-refractivity contribution in [3.8, 4) is 0 Å². The second kappa shape index (κ2) is 7.25. The molecule has 22 heavy (non-hydrogen) atoms. The van der Waals surface area contributed by atoms with Crippen molar-refractivity contribution in [1.82, 2.24) is 14.5 Å². The minimum absolute atomic E-state index is 0.611. The lowest BCUT2D eigenvalue weighted by Crippen LogP contribution is -2.42. The minimum Gasteiger partial charge on any atom is -0.383 e. The number of aromatic nitrogens is 2. The Morgan fingerprint density at radius 1 is 1.23 bits per heavy atom. The fourth-order valence-electron chi connectivity index (χ4n) is 3.65. The van der Waals surface area contributed by atoms with Gasteiger partial charge in [-0.2, -0.15) is 0 Å². The molecule has 0 bridgehead atoms. The number of likely N-dealkylation sites (tertiary alicyclic amines) is 1. The second-order valence-corrected chi connectivity index (χ2v) is 6.29. The van der Waals surface area contributed by atoms with E-state index in [1.54, 1.807) is 0 Å². The fourth-order valence-corrected chi connectivity index (χ4v) is 3.65. The molecule has 4 nitrogen and oxygen atoms in total. The number of rotatable bonds is 6. The Bertz CT molecular complexity index is 605. The molecule has 1 aromatic carbocycles. The van der Waals surface area contributed by atoms with Crippen molar-refractivity contribution in [2.45, 2.75) is 45.2 Å². The summed E-state index contributed by atoms with van der Waals surface area (Å²) in [5.41, 5.74) is 2.36. The molecule has 0 aliphatic carbocycles. The van der Waals surface area contributed by atoms with Crippen LogP contribution in [0.4, 0.5) is 0 Å². The van der Waals surface area contributed by atoms with Crippen molar-refractivity contribution in [2.75, 3.05) is 26.8 Å². The van der Waals surface area contributed by atoms with Crippen molar-refractivity contribution in [3.05, 3.63) is 30.1 Å². The van der Waals surface area contributed by atoms with E-state index in [2.05, 4.69) is 45.6 Å². The first-order valence-electron chi connectivity index (χ1n) is 8.44. The Hall–Kier alpha value is -1.39. The zero-order valence-corrected chi connectivity index (χ0v) is 13.8. The molecule has 2 aromatic rings. The number of aryl methyl sites for hydroxylation is 2. The Balaban J connectivity index is 1.61. The van der Waals surface area contributed by atoms with Crippen molar-refractivity contribution < 1.29 is 4.74 Å². The number of hydrogen-bond donors (Lipinski definition) is 0. The molecular formula is C18H27N3O. The molecule has 2 heterocycles. The van der Waals surface area contributed by atoms with Crippen LogP contribution >= 0.6 is 0 Å². The van der Waals surface area contributed by atoms with E-state index in [0.717, 1.165) is 31.0 Å². The van der Waals surface area contributed by atoms with Gasteiger partial charge in [0.1, 0.15) is 5.82 Å². The summed E-state index contributed by atoms with van der Waals surface area (Å²) < 4.78 is 7.74. The molecule has 1 unspecified atom stereocenters. The minimum atomic E-state index is 0.611. The average Bonchev–Trinajstić information content (AvgIpc) is 2.85. The van der Waals surface area contributed by atoms with Crippen LogP contribution in [0.3, 0.4) is 0 Å². The van der Waals surface area contributed by atoms with Gasteiger partial charge in [-0.15, -0.1) is 0 Å². The van der Waals surface area contributed by atoms with E-state index in [-0.39, 0.29) is 0 Å². The first-order valence-corrected chi connectivity index (χ1v) is 8.44. The first-order chi connectivity index (χ1) is 10.8. The highest BCUT2D eigenvalue weighted by molar-refractivity contribution is 5.75. The molecule has 0 N–H and O–H groups in total. The van der Waals surface area contributed by atoms with Crippen LogP contribution in [0, 0.1) is 6.92 Å². The number of hydrogen-bond acceptors (Lipinski definition) is 3. The molecule has 120 valence electrons. The van der Waals surface area contributed by atoms with E-state index in [1.807, 2.05) is 7.11 Å². The third-order valence-corrected chi connectivity index (χ3v) is 4.78. The molecule has 1 saturated heterocycles. The summed E-state index contributed by atoms with van der Waals surface area (Å²) in [7, 11) is 1.81. The highest BCUT2D eigenvalue weighted by Gasteiger charge is 2.21. The molecule has 1 aromatic heterocycles. The van der Waals surface area contributed by atoms with E-state index in [0.29, 0.717) is 6.04 Å². The molecule has 1 aliphatic heterocycles. The second-order valence-electron chi connectivity index (χ2n) is 6.29. The van der Waals surface area contributed by atoms with Crippen molar-refractivity contribution in [3.63, 3.8) is 0 Å². The molecule has 0 saturated carbocycles. The molecule has 1 fully saturated rings. The van der Waals surface area contributed by atoms with Crippen molar-refractivity contribution in [2.24, 2.45) is 0 Å². The largest absolute Gasteiger partial charge is 0.383 e. The van der Waals surface area contributed by atoms with Crippen LogP contribution in [0.5, 0.6) is 0 Å². The quantitative estimate of drug-likeness (QED) is 0.820. The van der Waals surface area contributed by atoms with Crippen LogP contribution in [0.25, 0.3) is 11.0 Å². The van der Waals surface area contributed by atoms with Gasteiger partial charge >= 0.3 is 0 Å². The first kappa shape index (κ1) is 15.5. The SMILES string of the molecule is COCC1CCCCN1CCCn1c(C)nc2ccccc21. The third kappa shape index (κ3) is 3.33. The lowest BCUT2D eigenvalue weighted by molar-refractivity contribution is 0.0636. The summed E-state index contributed by atoms with van der Waals surface area (Å²) in [5, 5.41) is 0. The summed E-state index contributed by atoms with van der Waals surface area (Å²) in [5.74, 6) is 1.12. The molecule has 0 spiro atoms. The summed E-state index contributed by atoms with van der Waals surface area (Å²) in [6.07, 6.45) is 5.12. The van der Waals surface area contributed by atoms with Gasteiger partial charge in [-0.3, -0.25) is 4.90 Å². The highest BCUT2D eigenvalue weighted by Crippen LogP contribution is 2.19. The van der Waals surface area contributed by atoms with Gasteiger partial charge in [0, 0.05) is 26.2 Å². The van der Waals surface area contributed by atoms with Crippen LogP contribution in [0.2, 0.25) is 0 Å². The molecule has 4 heteroatoms. The number of methoxy groups -OCH3 is 1. The zero-order chi connectivity index (χ0) is 15.4. The summed E-state index contributed by atoms with van der Waals surface area (Å²) in [4.78, 5) is 7.26. The molecular weight excluding hydrogens is 274 g/mol. The number of para-hydroxylation sites is 2. The monoisotopic (exact) mass is 301 g/mol. The highest BCUT2D eigenvalue weighted by atomic mass is 16.5. The summed E-state index contributed by atoms with van der Waals surface area (Å²) in [6, 6.07) is 9.03. The topological polar surface area (TPSA) is 30.3 Å². The van der Waals surface area contributed by atoms with Crippen molar-refractivity contribution in [1.29, 1.82) is 0 Å². The third-order valence-electron chi connectivity index (χ3n) is 4.78. The van der Waals surface area contributed by atoms with E-state index in [4.69, 9.17) is 4.74 Å². The van der Waals surface area contributed by atoms with Crippen LogP contribution in [0.1, 0.15) is 31.5 Å². The molecule has 3 rings (SSSR count). The zero-order valence-electron chi connectivity index (χ0n) is 13.8. The van der Waals surface area contributed by atoms with Crippen LogP contribution in [-0.4, -0.2) is 47.3 Å². The number of fused-ring (bicyclic) bond motifs is 1. The van der Waals surface area contributed by atoms with E-state index in [9.17, 15) is 0 Å². The summed E-state index contributed by atoms with van der Waals surface area (Å²) >= 11 is 0. The van der Waals surface area contributed by atoms with E-state index >= 15 is 0 Å². The Morgan fingerprint density at radius 2 is 2.09 bits per heavy atom. The van der Waals surface area contributed by atoms with Gasteiger partial charge in [0.05, 0.1) is 17.6 Å². The number of piperidine rings is 1. The number of nitrogens with zero attached hydrogens (tertiary/aromatic N) is 3. The lowest BCUT2D eigenvalue weighted by Gasteiger charge is -2.35. The number of ether oxygens (including phenoxy) is 1. The van der Waals surface area contributed by atoms with Crippen LogP contribution < -0.4 is 0 Å². The lowest BCUT2D eigenvalue weighted by atomic mass is 10.0. The molecule has 0 amide bonds. The standard InChI is InChI=1S/C18H27N3O/c1-15-19-17-9-3-4-10-18(17)21(15)13-7-12-20-11-6-5-8-16(20)14-22-2/h3-4,9-10,16H,5-8,11-14H2,1-2H3. The van der Waals surface area contributed by atoms with Crippen LogP contribution in [-0.2, 0) is 11.3 Å². The van der Waals surface area contributed by atoms with Gasteiger partial charge in [-0.1, -0.05) is 18.6 Å². The number of imidazole rings is 1. The Morgan fingerprint density at radius 3 is 2.95 bits per heavy atom. The van der Waals surface area contributed by atoms with E-state index in [1.165, 1.54) is 37.7 Å². The molecule has 1 aliphatic rings. The fraction of sp³-hybridized carbons (Fsp3) is 0.611. The van der Waals surface area contributed by atoms with Gasteiger partial charge in [0.25, 0.3) is 0 Å². The maximum absolute atomic E-state index is 5.38. The van der Waals surface area contributed by atoms with Gasteiger partial charge in [0.2, 0.25) is 0 Å². The predicted molar refractivity (Wildman–Crippen MR) is 90.2 cm³/mol. The van der Waals surface area contributed by atoms with Gasteiger partial charge in [0.15, 0.2) is 0 Å². The van der Waals surface area contributed by atoms with Crippen molar-refractivity contribution >= 4 is 11.0 Å². The molecule has 1 atom stereocenters. The van der Waals surface area contributed by atoms with Gasteiger partial charge in [-0.05, 0) is 44.9 Å². The van der Waals surface area contributed by atoms with E-state index < -0.39 is 0 Å². The predicted octanol–water partition coefficient (Wildman–Crippen LogP) is 3.24. The Kier molecular flexibility index (Phi) is 5.11. The van der Waals surface area contributed by atoms with Crippen LogP contribution in [0.15, 0.2) is 24.3 Å². The normalized spacial score (nSPS) is 19.8. The van der Waals surface area contributed by atoms with Gasteiger partial charge < -0.3 is 9.30 Å². The summed E-state index contributed by atoms with van der Waals surface area (Å²) in [6.45, 7) is 6.39. The molecule has 0 radical (unpaired) electrons. The van der Waals surface area contributed by atoms with Gasteiger partial charge in [-0.25, -0.2) is 4.98 Å². The maximum atomic E-state index is 5.38. The Labute approximate surface area is 133 Å². The number of benzene rings is 1.